The first kappa shape index (κ1) is 13.3. The van der Waals surface area contributed by atoms with Crippen molar-refractivity contribution < 1.29 is 4.74 Å². The van der Waals surface area contributed by atoms with Crippen LogP contribution in [0.25, 0.3) is 0 Å². The monoisotopic (exact) mass is 260 g/mol. The Morgan fingerprint density at radius 3 is 2.79 bits per heavy atom. The maximum Gasteiger partial charge on any atom is 0.204 e. The van der Waals surface area contributed by atoms with Crippen LogP contribution in [0.3, 0.4) is 0 Å². The van der Waals surface area contributed by atoms with Gasteiger partial charge in [0, 0.05) is 32.9 Å². The molecule has 1 aromatic heterocycles. The number of imidazole rings is 1. The van der Waals surface area contributed by atoms with Crippen LogP contribution in [0.4, 0.5) is 11.6 Å². The van der Waals surface area contributed by atoms with Gasteiger partial charge in [-0.15, -0.1) is 0 Å². The second-order valence-electron chi connectivity index (χ2n) is 4.59. The summed E-state index contributed by atoms with van der Waals surface area (Å²) >= 11 is 0. The van der Waals surface area contributed by atoms with Crippen LogP contribution < -0.4 is 15.0 Å². The van der Waals surface area contributed by atoms with E-state index in [-0.39, 0.29) is 0 Å². The largest absolute Gasteiger partial charge is 0.497 e. The first-order valence-electron chi connectivity index (χ1n) is 6.17. The van der Waals surface area contributed by atoms with Crippen LogP contribution >= 0.6 is 0 Å². The zero-order valence-electron chi connectivity index (χ0n) is 11.8. The molecule has 5 nitrogen and oxygen atoms in total. The van der Waals surface area contributed by atoms with Crippen LogP contribution in [-0.4, -0.2) is 30.8 Å². The highest BCUT2D eigenvalue weighted by Crippen LogP contribution is 2.18. The summed E-state index contributed by atoms with van der Waals surface area (Å²) < 4.78 is 7.28. The quantitative estimate of drug-likeness (QED) is 0.894. The summed E-state index contributed by atoms with van der Waals surface area (Å²) in [5.41, 5.74) is 2.17. The molecule has 0 fully saturated rings. The fraction of sp³-hybridized carbons (Fsp3) is 0.357. The first-order valence-corrected chi connectivity index (χ1v) is 6.17. The van der Waals surface area contributed by atoms with Crippen LogP contribution in [0.5, 0.6) is 5.75 Å². The maximum absolute atomic E-state index is 5.20. The van der Waals surface area contributed by atoms with Crippen molar-refractivity contribution >= 4 is 11.6 Å². The Bertz CT molecular complexity index is 548. The lowest BCUT2D eigenvalue weighted by molar-refractivity contribution is 0.415. The fourth-order valence-electron chi connectivity index (χ4n) is 1.94. The van der Waals surface area contributed by atoms with Gasteiger partial charge < -0.3 is 19.5 Å². The molecule has 0 atom stereocenters. The van der Waals surface area contributed by atoms with Gasteiger partial charge in [-0.2, -0.15) is 0 Å². The second kappa shape index (κ2) is 5.65. The number of aromatic nitrogens is 2. The summed E-state index contributed by atoms with van der Waals surface area (Å²) in [6.45, 7) is 0.727. The topological polar surface area (TPSA) is 42.3 Å². The molecule has 0 unspecified atom stereocenters. The van der Waals surface area contributed by atoms with E-state index in [0.29, 0.717) is 0 Å². The van der Waals surface area contributed by atoms with Crippen LogP contribution in [-0.2, 0) is 13.6 Å². The number of benzene rings is 1. The van der Waals surface area contributed by atoms with Gasteiger partial charge in [0.1, 0.15) is 5.75 Å². The molecule has 19 heavy (non-hydrogen) atoms. The predicted octanol–water partition coefficient (Wildman–Crippen LogP) is 2.11. The van der Waals surface area contributed by atoms with Gasteiger partial charge in [0.05, 0.1) is 25.5 Å². The van der Waals surface area contributed by atoms with Crippen molar-refractivity contribution in [1.82, 2.24) is 9.55 Å². The molecule has 0 saturated heterocycles. The third-order valence-electron chi connectivity index (χ3n) is 3.00. The van der Waals surface area contributed by atoms with Gasteiger partial charge >= 0.3 is 0 Å². The summed E-state index contributed by atoms with van der Waals surface area (Å²) in [7, 11) is 7.66. The number of nitrogens with one attached hydrogen (secondary N) is 1. The number of rotatable bonds is 5. The van der Waals surface area contributed by atoms with Gasteiger partial charge in [0.25, 0.3) is 0 Å². The third-order valence-corrected chi connectivity index (χ3v) is 3.00. The van der Waals surface area contributed by atoms with Crippen molar-refractivity contribution in [2.45, 2.75) is 6.54 Å². The lowest BCUT2D eigenvalue weighted by Crippen LogP contribution is -2.15. The average Bonchev–Trinajstić information content (AvgIpc) is 2.78. The molecule has 5 heteroatoms. The Labute approximate surface area is 113 Å². The Hall–Kier alpha value is -2.17. The number of hydrogen-bond donors (Lipinski definition) is 1. The van der Waals surface area contributed by atoms with E-state index < -0.39 is 0 Å². The van der Waals surface area contributed by atoms with Crippen LogP contribution in [0.1, 0.15) is 5.69 Å². The number of hydrogen-bond acceptors (Lipinski definition) is 4. The SMILES string of the molecule is COc1cccc(NCc2cnc(N(C)C)n2C)c1. The Morgan fingerprint density at radius 1 is 1.37 bits per heavy atom. The van der Waals surface area contributed by atoms with Crippen molar-refractivity contribution in [3.8, 4) is 5.75 Å². The van der Waals surface area contributed by atoms with E-state index in [1.54, 1.807) is 7.11 Å². The Morgan fingerprint density at radius 2 is 2.16 bits per heavy atom. The Balaban J connectivity index is 2.06. The van der Waals surface area contributed by atoms with Crippen LogP contribution in [0.15, 0.2) is 30.5 Å². The van der Waals surface area contributed by atoms with Gasteiger partial charge in [0.2, 0.25) is 5.95 Å². The molecule has 0 bridgehead atoms. The van der Waals surface area contributed by atoms with Gasteiger partial charge in [0.15, 0.2) is 0 Å². The molecule has 0 spiro atoms. The fourth-order valence-corrected chi connectivity index (χ4v) is 1.94. The van der Waals surface area contributed by atoms with Crippen molar-refractivity contribution in [2.24, 2.45) is 7.05 Å². The standard InChI is InChI=1S/C14H20N4O/c1-17(2)14-16-10-12(18(14)3)9-15-11-6-5-7-13(8-11)19-4/h5-8,10,15H,9H2,1-4H3. The van der Waals surface area contributed by atoms with E-state index in [4.69, 9.17) is 4.74 Å². The number of methoxy groups -OCH3 is 1. The normalized spacial score (nSPS) is 10.3. The molecule has 1 aromatic carbocycles. The minimum Gasteiger partial charge on any atom is -0.497 e. The highest BCUT2D eigenvalue weighted by atomic mass is 16.5. The molecule has 1 N–H and O–H groups in total. The summed E-state index contributed by atoms with van der Waals surface area (Å²) in [5, 5.41) is 3.37. The van der Waals surface area contributed by atoms with Crippen LogP contribution in [0, 0.1) is 0 Å². The van der Waals surface area contributed by atoms with Crippen molar-refractivity contribution in [1.29, 1.82) is 0 Å². The lowest BCUT2D eigenvalue weighted by Gasteiger charge is -2.13. The van der Waals surface area contributed by atoms with Gasteiger partial charge in [-0.1, -0.05) is 6.07 Å². The molecule has 102 valence electrons. The van der Waals surface area contributed by atoms with E-state index in [2.05, 4.69) is 14.9 Å². The Kier molecular flexibility index (Phi) is 3.94. The van der Waals surface area contributed by atoms with E-state index in [9.17, 15) is 0 Å². The maximum atomic E-state index is 5.20. The van der Waals surface area contributed by atoms with Crippen molar-refractivity contribution in [3.05, 3.63) is 36.2 Å². The minimum atomic E-state index is 0.727. The van der Waals surface area contributed by atoms with E-state index >= 15 is 0 Å². The van der Waals surface area contributed by atoms with Crippen molar-refractivity contribution in [2.75, 3.05) is 31.4 Å². The number of anilines is 2. The summed E-state index contributed by atoms with van der Waals surface area (Å²) in [4.78, 5) is 6.38. The molecule has 0 saturated carbocycles. The smallest absolute Gasteiger partial charge is 0.204 e. The van der Waals surface area contributed by atoms with E-state index in [0.717, 1.165) is 29.6 Å². The summed E-state index contributed by atoms with van der Waals surface area (Å²) in [6, 6.07) is 7.89. The number of nitrogens with zero attached hydrogens (tertiary/aromatic N) is 3. The summed E-state index contributed by atoms with van der Waals surface area (Å²) in [6.07, 6.45) is 1.89. The average molecular weight is 260 g/mol. The highest BCUT2D eigenvalue weighted by molar-refractivity contribution is 5.48. The molecular weight excluding hydrogens is 240 g/mol. The third kappa shape index (κ3) is 2.99. The number of ether oxygens (including phenoxy) is 1. The second-order valence-corrected chi connectivity index (χ2v) is 4.59. The lowest BCUT2D eigenvalue weighted by atomic mass is 10.3. The van der Waals surface area contributed by atoms with E-state index in [1.807, 2.05) is 56.5 Å². The summed E-state index contributed by atoms with van der Waals surface area (Å²) in [5.74, 6) is 1.80. The van der Waals surface area contributed by atoms with E-state index in [1.165, 1.54) is 0 Å². The van der Waals surface area contributed by atoms with Gasteiger partial charge in [-0.25, -0.2) is 4.98 Å². The van der Waals surface area contributed by atoms with Crippen LogP contribution in [0.2, 0.25) is 0 Å². The molecule has 2 aromatic rings. The molecular formula is C14H20N4O. The molecule has 0 aliphatic carbocycles. The first-order chi connectivity index (χ1) is 9.11. The predicted molar refractivity (Wildman–Crippen MR) is 77.9 cm³/mol. The molecule has 0 aliphatic heterocycles. The molecule has 0 radical (unpaired) electrons. The minimum absolute atomic E-state index is 0.727. The van der Waals surface area contributed by atoms with Gasteiger partial charge in [-0.3, -0.25) is 0 Å². The van der Waals surface area contributed by atoms with Crippen molar-refractivity contribution in [3.63, 3.8) is 0 Å². The zero-order chi connectivity index (χ0) is 13.8. The highest BCUT2D eigenvalue weighted by Gasteiger charge is 2.07. The molecule has 0 aliphatic rings. The molecule has 2 rings (SSSR count). The molecule has 0 amide bonds. The van der Waals surface area contributed by atoms with Gasteiger partial charge in [-0.05, 0) is 12.1 Å². The molecule has 1 heterocycles. The zero-order valence-corrected chi connectivity index (χ0v) is 11.8.